The molecule has 3 N–H and O–H groups in total. The van der Waals surface area contributed by atoms with E-state index in [1.807, 2.05) is 19.2 Å². The van der Waals surface area contributed by atoms with Gasteiger partial charge < -0.3 is 15.7 Å². The van der Waals surface area contributed by atoms with E-state index in [0.717, 1.165) is 10.7 Å². The minimum absolute atomic E-state index is 0.0223. The Bertz CT molecular complexity index is 485. The molecule has 0 fully saturated rings. The second kappa shape index (κ2) is 6.69. The molecule has 1 rings (SSSR count). The third-order valence-electron chi connectivity index (χ3n) is 2.77. The lowest BCUT2D eigenvalue weighted by Gasteiger charge is -2.26. The molecular weight excluding hydrogens is 278 g/mol. The van der Waals surface area contributed by atoms with Crippen LogP contribution < -0.4 is 10.6 Å². The molecule has 112 valence electrons. The highest BCUT2D eigenvalue weighted by molar-refractivity contribution is 7.09. The summed E-state index contributed by atoms with van der Waals surface area (Å²) >= 11 is 1.50. The second-order valence-corrected chi connectivity index (χ2v) is 6.31. The zero-order chi connectivity index (χ0) is 15.3. The van der Waals surface area contributed by atoms with E-state index in [0.29, 0.717) is 6.42 Å². The Hall–Kier alpha value is -1.63. The van der Waals surface area contributed by atoms with E-state index < -0.39 is 11.5 Å². The second-order valence-electron chi connectivity index (χ2n) is 5.42. The van der Waals surface area contributed by atoms with Crippen LogP contribution in [-0.4, -0.2) is 27.6 Å². The van der Waals surface area contributed by atoms with Gasteiger partial charge in [0.25, 0.3) is 0 Å². The fourth-order valence-electron chi connectivity index (χ4n) is 1.65. The zero-order valence-electron chi connectivity index (χ0n) is 12.2. The Morgan fingerprint density at radius 3 is 2.65 bits per heavy atom. The summed E-state index contributed by atoms with van der Waals surface area (Å²) in [5.41, 5.74) is 0.363. The number of aliphatic carboxylic acids is 1. The predicted octanol–water partition coefficient (Wildman–Crippen LogP) is 2.46. The third-order valence-corrected chi connectivity index (χ3v) is 3.92. The Morgan fingerprint density at radius 2 is 2.15 bits per heavy atom. The molecule has 1 atom stereocenters. The molecular formula is C13H21N3O3S. The molecule has 0 spiro atoms. The lowest BCUT2D eigenvalue weighted by atomic mass is 9.99. The summed E-state index contributed by atoms with van der Waals surface area (Å²) in [4.78, 5) is 26.8. The molecule has 2 amide bonds. The van der Waals surface area contributed by atoms with E-state index in [2.05, 4.69) is 15.6 Å². The molecule has 1 aromatic rings. The molecule has 20 heavy (non-hydrogen) atoms. The van der Waals surface area contributed by atoms with Crippen LogP contribution in [-0.2, 0) is 4.79 Å². The smallest absolute Gasteiger partial charge is 0.315 e. The van der Waals surface area contributed by atoms with Crippen LogP contribution in [0.5, 0.6) is 0 Å². The van der Waals surface area contributed by atoms with Gasteiger partial charge in [-0.15, -0.1) is 11.3 Å². The number of carbonyl (C=O) groups is 2. The molecule has 0 aromatic carbocycles. The van der Waals surface area contributed by atoms with Crippen LogP contribution in [0.3, 0.4) is 0 Å². The summed E-state index contributed by atoms with van der Waals surface area (Å²) in [6, 6.07) is -0.496. The van der Waals surface area contributed by atoms with E-state index >= 15 is 0 Å². The van der Waals surface area contributed by atoms with Crippen LogP contribution >= 0.6 is 11.3 Å². The van der Waals surface area contributed by atoms with Gasteiger partial charge in [0.15, 0.2) is 0 Å². The van der Waals surface area contributed by atoms with Crippen LogP contribution in [0.1, 0.15) is 50.4 Å². The molecule has 0 aliphatic carbocycles. The van der Waals surface area contributed by atoms with Crippen molar-refractivity contribution in [2.75, 3.05) is 0 Å². The van der Waals surface area contributed by atoms with Gasteiger partial charge >= 0.3 is 12.0 Å². The standard InChI is InChI=1S/C13H21N3O3S/c1-8-7-20-11(14-8)9(2)15-12(19)16-13(3,4)6-5-10(17)18/h7,9H,5-6H2,1-4H3,(H,17,18)(H2,15,16,19). The quantitative estimate of drug-likeness (QED) is 0.752. The first-order valence-corrected chi connectivity index (χ1v) is 7.30. The topological polar surface area (TPSA) is 91.3 Å². The normalized spacial score (nSPS) is 12.8. The van der Waals surface area contributed by atoms with Gasteiger partial charge in [-0.3, -0.25) is 4.79 Å². The molecule has 0 radical (unpaired) electrons. The lowest BCUT2D eigenvalue weighted by Crippen LogP contribution is -2.49. The van der Waals surface area contributed by atoms with E-state index in [-0.39, 0.29) is 18.5 Å². The molecule has 1 unspecified atom stereocenters. The van der Waals surface area contributed by atoms with Crippen molar-refractivity contribution in [1.29, 1.82) is 0 Å². The Morgan fingerprint density at radius 1 is 1.50 bits per heavy atom. The van der Waals surface area contributed by atoms with Crippen molar-refractivity contribution >= 4 is 23.3 Å². The van der Waals surface area contributed by atoms with E-state index in [1.165, 1.54) is 11.3 Å². The van der Waals surface area contributed by atoms with Crippen molar-refractivity contribution in [2.45, 2.75) is 52.1 Å². The highest BCUT2D eigenvalue weighted by Crippen LogP contribution is 2.17. The Kier molecular flexibility index (Phi) is 5.50. The molecule has 6 nitrogen and oxygen atoms in total. The van der Waals surface area contributed by atoms with Crippen LogP contribution in [0.2, 0.25) is 0 Å². The van der Waals surface area contributed by atoms with Crippen molar-refractivity contribution in [3.63, 3.8) is 0 Å². The van der Waals surface area contributed by atoms with Gasteiger partial charge in [-0.05, 0) is 34.1 Å². The number of amides is 2. The lowest BCUT2D eigenvalue weighted by molar-refractivity contribution is -0.137. The summed E-state index contributed by atoms with van der Waals surface area (Å²) in [6.07, 6.45) is 0.398. The van der Waals surface area contributed by atoms with Crippen molar-refractivity contribution in [3.05, 3.63) is 16.1 Å². The number of carbonyl (C=O) groups excluding carboxylic acids is 1. The van der Waals surface area contributed by atoms with Gasteiger partial charge in [0.1, 0.15) is 5.01 Å². The summed E-state index contributed by atoms with van der Waals surface area (Å²) in [5.74, 6) is -0.869. The number of thiazole rings is 1. The number of aromatic nitrogens is 1. The van der Waals surface area contributed by atoms with Gasteiger partial charge in [-0.25, -0.2) is 9.78 Å². The van der Waals surface area contributed by atoms with Crippen molar-refractivity contribution in [1.82, 2.24) is 15.6 Å². The maximum Gasteiger partial charge on any atom is 0.315 e. The SMILES string of the molecule is Cc1csc(C(C)NC(=O)NC(C)(C)CCC(=O)O)n1. The molecule has 1 heterocycles. The van der Waals surface area contributed by atoms with E-state index in [9.17, 15) is 9.59 Å². The van der Waals surface area contributed by atoms with Gasteiger partial charge in [-0.2, -0.15) is 0 Å². The molecule has 1 aromatic heterocycles. The first-order valence-electron chi connectivity index (χ1n) is 6.42. The summed E-state index contributed by atoms with van der Waals surface area (Å²) in [7, 11) is 0. The number of hydrogen-bond donors (Lipinski definition) is 3. The van der Waals surface area contributed by atoms with Gasteiger partial charge in [-0.1, -0.05) is 0 Å². The minimum Gasteiger partial charge on any atom is -0.481 e. The van der Waals surface area contributed by atoms with Crippen LogP contribution in [0.25, 0.3) is 0 Å². The average molecular weight is 299 g/mol. The Balaban J connectivity index is 2.48. The number of hydrogen-bond acceptors (Lipinski definition) is 4. The first kappa shape index (κ1) is 16.4. The van der Waals surface area contributed by atoms with E-state index in [4.69, 9.17) is 5.11 Å². The highest BCUT2D eigenvalue weighted by Gasteiger charge is 2.22. The van der Waals surface area contributed by atoms with Gasteiger partial charge in [0, 0.05) is 23.0 Å². The average Bonchev–Trinajstić information content (AvgIpc) is 2.72. The first-order chi connectivity index (χ1) is 9.19. The molecule has 0 aliphatic heterocycles. The van der Waals surface area contributed by atoms with E-state index in [1.54, 1.807) is 13.8 Å². The number of carboxylic acid groups (broad SMARTS) is 1. The largest absolute Gasteiger partial charge is 0.481 e. The van der Waals surface area contributed by atoms with Crippen LogP contribution in [0.15, 0.2) is 5.38 Å². The number of urea groups is 1. The van der Waals surface area contributed by atoms with Gasteiger partial charge in [0.05, 0.1) is 6.04 Å². The predicted molar refractivity (Wildman–Crippen MR) is 77.9 cm³/mol. The minimum atomic E-state index is -0.869. The monoisotopic (exact) mass is 299 g/mol. The maximum atomic E-state index is 11.9. The molecule has 0 bridgehead atoms. The van der Waals surface area contributed by atoms with Crippen molar-refractivity contribution in [2.24, 2.45) is 0 Å². The number of aryl methyl sites for hydroxylation is 1. The van der Waals surface area contributed by atoms with Crippen molar-refractivity contribution in [3.8, 4) is 0 Å². The number of carboxylic acids is 1. The fourth-order valence-corrected chi connectivity index (χ4v) is 2.46. The summed E-state index contributed by atoms with van der Waals surface area (Å²) in [5, 5.41) is 17.0. The molecule has 0 saturated carbocycles. The van der Waals surface area contributed by atoms with Crippen molar-refractivity contribution < 1.29 is 14.7 Å². The molecule has 0 aliphatic rings. The Labute approximate surface area is 122 Å². The molecule has 7 heteroatoms. The maximum absolute atomic E-state index is 11.9. The van der Waals surface area contributed by atoms with Crippen LogP contribution in [0, 0.1) is 6.92 Å². The summed E-state index contributed by atoms with van der Waals surface area (Å²) < 4.78 is 0. The number of nitrogens with zero attached hydrogens (tertiary/aromatic N) is 1. The van der Waals surface area contributed by atoms with Crippen LogP contribution in [0.4, 0.5) is 4.79 Å². The molecule has 0 saturated heterocycles. The highest BCUT2D eigenvalue weighted by atomic mass is 32.1. The number of rotatable bonds is 6. The number of nitrogens with one attached hydrogen (secondary N) is 2. The van der Waals surface area contributed by atoms with Gasteiger partial charge in [0.2, 0.25) is 0 Å². The zero-order valence-corrected chi connectivity index (χ0v) is 13.0. The third kappa shape index (κ3) is 5.56. The fraction of sp³-hybridized carbons (Fsp3) is 0.615. The summed E-state index contributed by atoms with van der Waals surface area (Å²) in [6.45, 7) is 7.37.